The summed E-state index contributed by atoms with van der Waals surface area (Å²) in [5.74, 6) is 1.41. The molecule has 122 valence electrons. The molecule has 7 heteroatoms. The van der Waals surface area contributed by atoms with E-state index in [1.165, 1.54) is 11.8 Å². The molecule has 0 radical (unpaired) electrons. The van der Waals surface area contributed by atoms with Crippen LogP contribution in [0.2, 0.25) is 0 Å². The highest BCUT2D eigenvalue weighted by Gasteiger charge is 2.35. The summed E-state index contributed by atoms with van der Waals surface area (Å²) in [6.07, 6.45) is 5.41. The molecule has 0 aromatic carbocycles. The zero-order chi connectivity index (χ0) is 16.4. The first-order valence-corrected chi connectivity index (χ1v) is 8.97. The lowest BCUT2D eigenvalue weighted by Gasteiger charge is -2.22. The normalized spacial score (nSPS) is 17.9. The highest BCUT2D eigenvalue weighted by Crippen LogP contribution is 2.33. The van der Waals surface area contributed by atoms with Gasteiger partial charge in [-0.15, -0.1) is 11.8 Å². The number of rotatable bonds is 4. The van der Waals surface area contributed by atoms with E-state index >= 15 is 0 Å². The van der Waals surface area contributed by atoms with Gasteiger partial charge in [0.05, 0.1) is 5.56 Å². The van der Waals surface area contributed by atoms with E-state index in [1.54, 1.807) is 12.3 Å². The summed E-state index contributed by atoms with van der Waals surface area (Å²) in [6, 6.07) is 3.48. The van der Waals surface area contributed by atoms with Gasteiger partial charge < -0.3 is 9.42 Å². The summed E-state index contributed by atoms with van der Waals surface area (Å²) >= 11 is 1.48. The van der Waals surface area contributed by atoms with Gasteiger partial charge in [0.2, 0.25) is 5.89 Å². The highest BCUT2D eigenvalue weighted by molar-refractivity contribution is 7.98. The van der Waals surface area contributed by atoms with Gasteiger partial charge in [-0.2, -0.15) is 4.98 Å². The SMILES string of the molecule is CSc1ncccc1C(=O)N1CCC[C@H]1c1nc(C(C)C)no1. The third kappa shape index (κ3) is 3.10. The summed E-state index contributed by atoms with van der Waals surface area (Å²) in [5, 5.41) is 4.77. The van der Waals surface area contributed by atoms with Crippen molar-refractivity contribution in [3.05, 3.63) is 35.6 Å². The molecule has 2 aromatic heterocycles. The van der Waals surface area contributed by atoms with E-state index in [4.69, 9.17) is 4.52 Å². The highest BCUT2D eigenvalue weighted by atomic mass is 32.2. The number of pyridine rings is 1. The van der Waals surface area contributed by atoms with Gasteiger partial charge in [-0.25, -0.2) is 4.98 Å². The third-order valence-electron chi connectivity index (χ3n) is 3.97. The minimum Gasteiger partial charge on any atom is -0.337 e. The Morgan fingerprint density at radius 3 is 3.00 bits per heavy atom. The van der Waals surface area contributed by atoms with Gasteiger partial charge in [0, 0.05) is 18.7 Å². The second-order valence-electron chi connectivity index (χ2n) is 5.86. The van der Waals surface area contributed by atoms with Crippen LogP contribution in [-0.4, -0.2) is 38.7 Å². The van der Waals surface area contributed by atoms with Crippen molar-refractivity contribution in [2.24, 2.45) is 0 Å². The van der Waals surface area contributed by atoms with Crippen molar-refractivity contribution < 1.29 is 9.32 Å². The molecule has 0 unspecified atom stereocenters. The molecule has 23 heavy (non-hydrogen) atoms. The monoisotopic (exact) mass is 332 g/mol. The summed E-state index contributed by atoms with van der Waals surface area (Å²) in [7, 11) is 0. The Labute approximate surface area is 139 Å². The van der Waals surface area contributed by atoms with E-state index in [1.807, 2.05) is 31.1 Å². The van der Waals surface area contributed by atoms with Crippen LogP contribution in [-0.2, 0) is 0 Å². The number of hydrogen-bond acceptors (Lipinski definition) is 6. The van der Waals surface area contributed by atoms with Crippen LogP contribution in [0.4, 0.5) is 0 Å². The van der Waals surface area contributed by atoms with Gasteiger partial charge in [-0.05, 0) is 31.2 Å². The van der Waals surface area contributed by atoms with Crippen molar-refractivity contribution in [2.45, 2.75) is 43.7 Å². The molecule has 1 aliphatic heterocycles. The third-order valence-corrected chi connectivity index (χ3v) is 4.68. The molecule has 0 spiro atoms. The van der Waals surface area contributed by atoms with Crippen LogP contribution in [0.25, 0.3) is 0 Å². The molecule has 3 rings (SSSR count). The zero-order valence-corrected chi connectivity index (χ0v) is 14.3. The fourth-order valence-electron chi connectivity index (χ4n) is 2.75. The summed E-state index contributed by atoms with van der Waals surface area (Å²) in [6.45, 7) is 4.74. The summed E-state index contributed by atoms with van der Waals surface area (Å²) in [5.41, 5.74) is 0.635. The molecule has 6 nitrogen and oxygen atoms in total. The van der Waals surface area contributed by atoms with Crippen molar-refractivity contribution in [2.75, 3.05) is 12.8 Å². The fourth-order valence-corrected chi connectivity index (χ4v) is 3.30. The van der Waals surface area contributed by atoms with Crippen molar-refractivity contribution in [3.8, 4) is 0 Å². The first kappa shape index (κ1) is 16.0. The van der Waals surface area contributed by atoms with Gasteiger partial charge in [-0.3, -0.25) is 4.79 Å². The van der Waals surface area contributed by atoms with Crippen LogP contribution < -0.4 is 0 Å². The Kier molecular flexibility index (Phi) is 4.66. The predicted molar refractivity (Wildman–Crippen MR) is 87.4 cm³/mol. The lowest BCUT2D eigenvalue weighted by atomic mass is 10.2. The molecule has 0 aliphatic carbocycles. The van der Waals surface area contributed by atoms with Gasteiger partial charge in [0.25, 0.3) is 5.91 Å². The number of carbonyl (C=O) groups is 1. The quantitative estimate of drug-likeness (QED) is 0.800. The van der Waals surface area contributed by atoms with Gasteiger partial charge >= 0.3 is 0 Å². The van der Waals surface area contributed by atoms with E-state index in [2.05, 4.69) is 15.1 Å². The maximum absolute atomic E-state index is 12.9. The lowest BCUT2D eigenvalue weighted by molar-refractivity contribution is 0.0705. The second kappa shape index (κ2) is 6.70. The first-order chi connectivity index (χ1) is 11.1. The van der Waals surface area contributed by atoms with Gasteiger partial charge in [0.15, 0.2) is 5.82 Å². The smallest absolute Gasteiger partial charge is 0.257 e. The summed E-state index contributed by atoms with van der Waals surface area (Å²) < 4.78 is 5.41. The van der Waals surface area contributed by atoms with Crippen molar-refractivity contribution in [1.82, 2.24) is 20.0 Å². The van der Waals surface area contributed by atoms with Gasteiger partial charge in [-0.1, -0.05) is 19.0 Å². The van der Waals surface area contributed by atoms with Crippen molar-refractivity contribution >= 4 is 17.7 Å². The van der Waals surface area contributed by atoms with Gasteiger partial charge in [0.1, 0.15) is 11.1 Å². The molecule has 1 atom stereocenters. The average Bonchev–Trinajstić information content (AvgIpc) is 3.22. The molecular weight excluding hydrogens is 312 g/mol. The van der Waals surface area contributed by atoms with Crippen LogP contribution >= 0.6 is 11.8 Å². The number of hydrogen-bond donors (Lipinski definition) is 0. The topological polar surface area (TPSA) is 72.1 Å². The van der Waals surface area contributed by atoms with Crippen LogP contribution in [0.1, 0.15) is 60.7 Å². The number of carbonyl (C=O) groups excluding carboxylic acids is 1. The van der Waals surface area contributed by atoms with Crippen LogP contribution in [0, 0.1) is 0 Å². The Balaban J connectivity index is 1.87. The molecule has 1 aliphatic rings. The van der Waals surface area contributed by atoms with E-state index < -0.39 is 0 Å². The number of thioether (sulfide) groups is 1. The molecule has 1 fully saturated rings. The minimum atomic E-state index is -0.141. The molecular formula is C16H20N4O2S. The van der Waals surface area contributed by atoms with Crippen LogP contribution in [0.3, 0.4) is 0 Å². The summed E-state index contributed by atoms with van der Waals surface area (Å²) in [4.78, 5) is 23.5. The number of amides is 1. The van der Waals surface area contributed by atoms with Crippen molar-refractivity contribution in [1.29, 1.82) is 0 Å². The lowest BCUT2D eigenvalue weighted by Crippen LogP contribution is -2.31. The van der Waals surface area contributed by atoms with E-state index in [0.29, 0.717) is 23.8 Å². The molecule has 0 N–H and O–H groups in total. The maximum Gasteiger partial charge on any atom is 0.257 e. The van der Waals surface area contributed by atoms with E-state index in [9.17, 15) is 4.79 Å². The van der Waals surface area contributed by atoms with E-state index in [-0.39, 0.29) is 17.9 Å². The number of likely N-dealkylation sites (tertiary alicyclic amines) is 1. The fraction of sp³-hybridized carbons (Fsp3) is 0.500. The molecule has 2 aromatic rings. The first-order valence-electron chi connectivity index (χ1n) is 7.75. The molecule has 1 amide bonds. The van der Waals surface area contributed by atoms with E-state index in [0.717, 1.165) is 17.9 Å². The second-order valence-corrected chi connectivity index (χ2v) is 6.66. The zero-order valence-electron chi connectivity index (χ0n) is 13.5. The number of nitrogens with zero attached hydrogens (tertiary/aromatic N) is 4. The molecule has 3 heterocycles. The maximum atomic E-state index is 12.9. The Morgan fingerprint density at radius 1 is 1.48 bits per heavy atom. The molecule has 1 saturated heterocycles. The number of aromatic nitrogens is 3. The van der Waals surface area contributed by atoms with Crippen molar-refractivity contribution in [3.63, 3.8) is 0 Å². The minimum absolute atomic E-state index is 0.0192. The largest absolute Gasteiger partial charge is 0.337 e. The van der Waals surface area contributed by atoms with Crippen LogP contribution in [0.15, 0.2) is 27.9 Å². The standard InChI is InChI=1S/C16H20N4O2S/c1-10(2)13-18-14(22-19-13)12-7-5-9-20(12)16(21)11-6-4-8-17-15(11)23-3/h4,6,8,10,12H,5,7,9H2,1-3H3/t12-/m0/s1. The van der Waals surface area contributed by atoms with Crippen LogP contribution in [0.5, 0.6) is 0 Å². The average molecular weight is 332 g/mol. The Morgan fingerprint density at radius 2 is 2.30 bits per heavy atom. The molecule has 0 bridgehead atoms. The predicted octanol–water partition coefficient (Wildman–Crippen LogP) is 3.29. The molecule has 0 saturated carbocycles. The Hall–Kier alpha value is -1.89. The Bertz CT molecular complexity index is 701.